The lowest BCUT2D eigenvalue weighted by atomic mass is 10.2. The van der Waals surface area contributed by atoms with Crippen molar-refractivity contribution in [3.8, 4) is 0 Å². The number of aromatic nitrogens is 3. The molecule has 1 amide bonds. The highest BCUT2D eigenvalue weighted by atomic mass is 32.1. The van der Waals surface area contributed by atoms with Crippen LogP contribution in [-0.2, 0) is 11.3 Å². The Hall–Kier alpha value is -2.58. The van der Waals surface area contributed by atoms with E-state index in [1.165, 1.54) is 17.7 Å². The molecule has 1 fully saturated rings. The lowest BCUT2D eigenvalue weighted by Gasteiger charge is -2.12. The van der Waals surface area contributed by atoms with E-state index in [1.54, 1.807) is 12.4 Å². The number of hydrogen-bond acceptors (Lipinski definition) is 7. The summed E-state index contributed by atoms with van der Waals surface area (Å²) in [5.41, 5.74) is 1.91. The minimum Gasteiger partial charge on any atom is -0.376 e. The average Bonchev–Trinajstić information content (AvgIpc) is 3.34. The first-order valence-corrected chi connectivity index (χ1v) is 9.80. The Kier molecular flexibility index (Phi) is 5.26. The van der Waals surface area contributed by atoms with E-state index in [4.69, 9.17) is 4.74 Å². The van der Waals surface area contributed by atoms with Crippen molar-refractivity contribution in [1.29, 1.82) is 0 Å². The van der Waals surface area contributed by atoms with E-state index in [0.29, 0.717) is 18.0 Å². The van der Waals surface area contributed by atoms with Gasteiger partial charge in [-0.15, -0.1) is 11.3 Å². The number of carbonyl (C=O) groups is 1. The topological polar surface area (TPSA) is 89.0 Å². The maximum Gasteiger partial charge on any atom is 0.261 e. The number of hydrogen-bond donors (Lipinski definition) is 2. The Bertz CT molecular complexity index is 938. The number of anilines is 1. The molecule has 3 aromatic rings. The lowest BCUT2D eigenvalue weighted by Crippen LogP contribution is -2.22. The molecule has 2 N–H and O–H groups in total. The van der Waals surface area contributed by atoms with Crippen LogP contribution in [0.25, 0.3) is 10.2 Å². The normalized spacial score (nSPS) is 16.6. The summed E-state index contributed by atoms with van der Waals surface area (Å²) in [5, 5.41) is 7.25. The first-order chi connectivity index (χ1) is 13.2. The maximum atomic E-state index is 12.7. The SMILES string of the molecule is Cc1c(C(=O)NCc2ccncc2)sc2ncnc(NCC3CCCO3)c12. The van der Waals surface area contributed by atoms with Crippen molar-refractivity contribution in [2.75, 3.05) is 18.5 Å². The molecule has 27 heavy (non-hydrogen) atoms. The van der Waals surface area contributed by atoms with Crippen LogP contribution in [-0.4, -0.2) is 40.1 Å². The predicted octanol–water partition coefficient (Wildman–Crippen LogP) is 2.92. The molecule has 4 heterocycles. The quantitative estimate of drug-likeness (QED) is 0.680. The minimum absolute atomic E-state index is 0.0996. The molecule has 0 saturated carbocycles. The van der Waals surface area contributed by atoms with Gasteiger partial charge in [-0.1, -0.05) is 0 Å². The van der Waals surface area contributed by atoms with Crippen molar-refractivity contribution >= 4 is 33.3 Å². The standard InChI is InChI=1S/C19H21N5O2S/c1-12-15-17(21-10-14-3-2-8-26-14)23-11-24-19(15)27-16(12)18(25)22-9-13-4-6-20-7-5-13/h4-7,11,14H,2-3,8-10H2,1H3,(H,22,25)(H,21,23,24). The van der Waals surface area contributed by atoms with Gasteiger partial charge in [-0.2, -0.15) is 0 Å². The second-order valence-electron chi connectivity index (χ2n) is 6.51. The molecule has 0 bridgehead atoms. The highest BCUT2D eigenvalue weighted by Crippen LogP contribution is 2.33. The van der Waals surface area contributed by atoms with Gasteiger partial charge < -0.3 is 15.4 Å². The third-order valence-electron chi connectivity index (χ3n) is 4.66. The van der Waals surface area contributed by atoms with Crippen molar-refractivity contribution in [3.05, 3.63) is 46.9 Å². The Morgan fingerprint density at radius 1 is 1.33 bits per heavy atom. The first kappa shape index (κ1) is 17.8. The second-order valence-corrected chi connectivity index (χ2v) is 7.51. The van der Waals surface area contributed by atoms with Crippen molar-refractivity contribution in [2.24, 2.45) is 0 Å². The number of fused-ring (bicyclic) bond motifs is 1. The molecule has 140 valence electrons. The van der Waals surface area contributed by atoms with E-state index in [0.717, 1.165) is 46.6 Å². The fraction of sp³-hybridized carbons (Fsp3) is 0.368. The summed E-state index contributed by atoms with van der Waals surface area (Å²) in [6.45, 7) is 3.95. The fourth-order valence-corrected chi connectivity index (χ4v) is 4.27. The summed E-state index contributed by atoms with van der Waals surface area (Å²) < 4.78 is 5.66. The van der Waals surface area contributed by atoms with Gasteiger partial charge in [-0.3, -0.25) is 9.78 Å². The van der Waals surface area contributed by atoms with E-state index >= 15 is 0 Å². The molecule has 1 aliphatic heterocycles. The second kappa shape index (κ2) is 7.98. The number of carbonyl (C=O) groups excluding carboxylic acids is 1. The summed E-state index contributed by atoms with van der Waals surface area (Å²) in [6, 6.07) is 3.77. The number of amides is 1. The Morgan fingerprint density at radius 2 is 2.19 bits per heavy atom. The molecular weight excluding hydrogens is 362 g/mol. The van der Waals surface area contributed by atoms with Gasteiger partial charge in [-0.05, 0) is 43.0 Å². The zero-order valence-corrected chi connectivity index (χ0v) is 15.9. The molecular formula is C19H21N5O2S. The van der Waals surface area contributed by atoms with Crippen LogP contribution < -0.4 is 10.6 Å². The Labute approximate surface area is 161 Å². The smallest absolute Gasteiger partial charge is 0.261 e. The number of thiophene rings is 1. The van der Waals surface area contributed by atoms with Crippen LogP contribution in [0.1, 0.15) is 33.6 Å². The lowest BCUT2D eigenvalue weighted by molar-refractivity contribution is 0.0954. The minimum atomic E-state index is -0.0996. The zero-order valence-electron chi connectivity index (χ0n) is 15.1. The van der Waals surface area contributed by atoms with E-state index in [2.05, 4.69) is 25.6 Å². The Balaban J connectivity index is 1.52. The molecule has 1 saturated heterocycles. The largest absolute Gasteiger partial charge is 0.376 e. The van der Waals surface area contributed by atoms with Crippen LogP contribution in [0.15, 0.2) is 30.9 Å². The van der Waals surface area contributed by atoms with Crippen LogP contribution in [0.4, 0.5) is 5.82 Å². The molecule has 1 aliphatic rings. The predicted molar refractivity (Wildman–Crippen MR) is 105 cm³/mol. The molecule has 3 aromatic heterocycles. The molecule has 0 radical (unpaired) electrons. The number of aryl methyl sites for hydroxylation is 1. The van der Waals surface area contributed by atoms with E-state index in [1.807, 2.05) is 19.1 Å². The van der Waals surface area contributed by atoms with Gasteiger partial charge >= 0.3 is 0 Å². The van der Waals surface area contributed by atoms with Crippen molar-refractivity contribution < 1.29 is 9.53 Å². The van der Waals surface area contributed by atoms with E-state index < -0.39 is 0 Å². The number of rotatable bonds is 6. The molecule has 4 rings (SSSR count). The van der Waals surface area contributed by atoms with Gasteiger partial charge in [0, 0.05) is 32.1 Å². The van der Waals surface area contributed by atoms with Gasteiger partial charge in [0.25, 0.3) is 5.91 Å². The van der Waals surface area contributed by atoms with Gasteiger partial charge in [0.1, 0.15) is 17.0 Å². The van der Waals surface area contributed by atoms with Crippen LogP contribution in [0.5, 0.6) is 0 Å². The monoisotopic (exact) mass is 383 g/mol. The van der Waals surface area contributed by atoms with Crippen molar-refractivity contribution in [1.82, 2.24) is 20.3 Å². The third-order valence-corrected chi connectivity index (χ3v) is 5.86. The van der Waals surface area contributed by atoms with E-state index in [-0.39, 0.29) is 12.0 Å². The first-order valence-electron chi connectivity index (χ1n) is 8.99. The molecule has 0 spiro atoms. The van der Waals surface area contributed by atoms with E-state index in [9.17, 15) is 4.79 Å². The molecule has 1 unspecified atom stereocenters. The van der Waals surface area contributed by atoms with Crippen LogP contribution in [0, 0.1) is 6.92 Å². The average molecular weight is 383 g/mol. The highest BCUT2D eigenvalue weighted by Gasteiger charge is 2.20. The van der Waals surface area contributed by atoms with Crippen LogP contribution in [0.3, 0.4) is 0 Å². The summed E-state index contributed by atoms with van der Waals surface area (Å²) in [7, 11) is 0. The zero-order chi connectivity index (χ0) is 18.6. The van der Waals surface area contributed by atoms with Crippen LogP contribution in [0.2, 0.25) is 0 Å². The van der Waals surface area contributed by atoms with Gasteiger partial charge in [0.15, 0.2) is 0 Å². The summed E-state index contributed by atoms with van der Waals surface area (Å²) in [4.78, 5) is 26.9. The molecule has 0 aromatic carbocycles. The maximum absolute atomic E-state index is 12.7. The molecule has 7 nitrogen and oxygen atoms in total. The van der Waals surface area contributed by atoms with Gasteiger partial charge in [-0.25, -0.2) is 9.97 Å². The third kappa shape index (κ3) is 3.91. The highest BCUT2D eigenvalue weighted by molar-refractivity contribution is 7.20. The number of nitrogens with zero attached hydrogens (tertiary/aromatic N) is 3. The number of nitrogens with one attached hydrogen (secondary N) is 2. The van der Waals surface area contributed by atoms with Gasteiger partial charge in [0.05, 0.1) is 16.4 Å². The summed E-state index contributed by atoms with van der Waals surface area (Å²) in [5.74, 6) is 0.662. The Morgan fingerprint density at radius 3 is 2.96 bits per heavy atom. The van der Waals surface area contributed by atoms with Crippen molar-refractivity contribution in [3.63, 3.8) is 0 Å². The van der Waals surface area contributed by atoms with Crippen LogP contribution >= 0.6 is 11.3 Å². The van der Waals surface area contributed by atoms with Crippen molar-refractivity contribution in [2.45, 2.75) is 32.4 Å². The molecule has 0 aliphatic carbocycles. The number of pyridine rings is 1. The summed E-state index contributed by atoms with van der Waals surface area (Å²) >= 11 is 1.39. The van der Waals surface area contributed by atoms with Gasteiger partial charge in [0.2, 0.25) is 0 Å². The summed E-state index contributed by atoms with van der Waals surface area (Å²) in [6.07, 6.45) is 7.35. The molecule has 8 heteroatoms. The number of ether oxygens (including phenoxy) is 1. The molecule has 1 atom stereocenters. The fourth-order valence-electron chi connectivity index (χ4n) is 3.20.